The molecule has 0 radical (unpaired) electrons. The molecule has 1 amide bonds. The number of carbonyl (C=O) groups excluding carboxylic acids is 1. The first-order valence-corrected chi connectivity index (χ1v) is 7.68. The van der Waals surface area contributed by atoms with Crippen molar-refractivity contribution in [3.8, 4) is 0 Å². The Morgan fingerprint density at radius 3 is 2.71 bits per heavy atom. The van der Waals surface area contributed by atoms with E-state index in [2.05, 4.69) is 20.5 Å². The molecule has 3 aromatic rings. The first-order valence-electron chi connectivity index (χ1n) is 7.68. The van der Waals surface area contributed by atoms with Gasteiger partial charge in [-0.3, -0.25) is 9.78 Å². The van der Waals surface area contributed by atoms with Gasteiger partial charge in [0.05, 0.1) is 12.8 Å². The van der Waals surface area contributed by atoms with Gasteiger partial charge in [0, 0.05) is 12.3 Å². The Morgan fingerprint density at radius 2 is 2.04 bits per heavy atom. The maximum absolute atomic E-state index is 12.2. The summed E-state index contributed by atoms with van der Waals surface area (Å²) < 4.78 is 5.49. The Kier molecular flexibility index (Phi) is 4.90. The number of amides is 1. The fraction of sp³-hybridized carbons (Fsp3) is 0.235. The molecule has 24 heavy (non-hydrogen) atoms. The van der Waals surface area contributed by atoms with Crippen molar-refractivity contribution in [3.63, 3.8) is 0 Å². The number of benzene rings is 1. The van der Waals surface area contributed by atoms with Gasteiger partial charge >= 0.3 is 5.69 Å². The Morgan fingerprint density at radius 1 is 1.21 bits per heavy atom. The van der Waals surface area contributed by atoms with Gasteiger partial charge in [0.25, 0.3) is 0 Å². The molecule has 0 fully saturated rings. The highest BCUT2D eigenvalue weighted by molar-refractivity contribution is 5.76. The molecular weight excluding hydrogens is 308 g/mol. The molecule has 0 aliphatic rings. The zero-order chi connectivity index (χ0) is 16.8. The second-order valence-corrected chi connectivity index (χ2v) is 5.51. The molecule has 1 aromatic carbocycles. The second kappa shape index (κ2) is 7.45. The number of nitrogens with one attached hydrogen (secondary N) is 3. The summed E-state index contributed by atoms with van der Waals surface area (Å²) in [5.41, 5.74) is 0.750. The molecule has 0 saturated carbocycles. The lowest BCUT2D eigenvalue weighted by Crippen LogP contribution is -2.25. The molecule has 0 spiro atoms. The number of H-pyrrole nitrogens is 2. The minimum atomic E-state index is -0.392. The molecule has 124 valence electrons. The van der Waals surface area contributed by atoms with E-state index in [1.165, 1.54) is 0 Å². The topological polar surface area (TPSA) is 104 Å². The lowest BCUT2D eigenvalue weighted by atomic mass is 9.93. The van der Waals surface area contributed by atoms with Crippen molar-refractivity contribution in [3.05, 3.63) is 76.4 Å². The van der Waals surface area contributed by atoms with Crippen molar-refractivity contribution in [1.29, 1.82) is 0 Å². The van der Waals surface area contributed by atoms with E-state index in [9.17, 15) is 9.59 Å². The number of aromatic amines is 2. The number of hydrogen-bond acceptors (Lipinski definition) is 4. The molecule has 7 heteroatoms. The van der Waals surface area contributed by atoms with E-state index in [1.54, 1.807) is 6.26 Å². The van der Waals surface area contributed by atoms with Gasteiger partial charge in [0.1, 0.15) is 11.6 Å². The number of carbonyl (C=O) groups is 1. The lowest BCUT2D eigenvalue weighted by molar-refractivity contribution is -0.121. The summed E-state index contributed by atoms with van der Waals surface area (Å²) in [7, 11) is 0. The average Bonchev–Trinajstić information content (AvgIpc) is 3.25. The van der Waals surface area contributed by atoms with Crippen LogP contribution in [0.3, 0.4) is 0 Å². The number of rotatable bonds is 7. The zero-order valence-electron chi connectivity index (χ0n) is 13.0. The largest absolute Gasteiger partial charge is 0.469 e. The van der Waals surface area contributed by atoms with Crippen molar-refractivity contribution in [2.45, 2.75) is 25.3 Å². The smallest absolute Gasteiger partial charge is 0.340 e. The van der Waals surface area contributed by atoms with Crippen LogP contribution in [0.5, 0.6) is 0 Å². The van der Waals surface area contributed by atoms with Crippen LogP contribution in [-0.4, -0.2) is 21.1 Å². The average molecular weight is 326 g/mol. The van der Waals surface area contributed by atoms with Crippen LogP contribution in [0, 0.1) is 0 Å². The van der Waals surface area contributed by atoms with Crippen LogP contribution in [0.1, 0.15) is 29.5 Å². The summed E-state index contributed by atoms with van der Waals surface area (Å²) in [6.07, 6.45) is 2.61. The molecule has 2 aromatic heterocycles. The highest BCUT2D eigenvalue weighted by atomic mass is 16.3. The Hall–Kier alpha value is -3.09. The molecule has 1 atom stereocenters. The van der Waals surface area contributed by atoms with Gasteiger partial charge in [-0.25, -0.2) is 9.89 Å². The van der Waals surface area contributed by atoms with Gasteiger partial charge < -0.3 is 9.73 Å². The highest BCUT2D eigenvalue weighted by Crippen LogP contribution is 2.24. The third-order valence-electron chi connectivity index (χ3n) is 3.71. The van der Waals surface area contributed by atoms with Crippen LogP contribution in [0.2, 0.25) is 0 Å². The van der Waals surface area contributed by atoms with Crippen molar-refractivity contribution < 1.29 is 9.21 Å². The van der Waals surface area contributed by atoms with E-state index in [4.69, 9.17) is 4.42 Å². The van der Waals surface area contributed by atoms with Gasteiger partial charge in [0.15, 0.2) is 0 Å². The minimum absolute atomic E-state index is 0.0550. The summed E-state index contributed by atoms with van der Waals surface area (Å²) in [5.74, 6) is 0.991. The molecule has 0 aliphatic heterocycles. The van der Waals surface area contributed by atoms with Gasteiger partial charge in [-0.05, 0) is 24.1 Å². The van der Waals surface area contributed by atoms with Gasteiger partial charge in [0.2, 0.25) is 5.91 Å². The zero-order valence-corrected chi connectivity index (χ0v) is 13.0. The third kappa shape index (κ3) is 4.22. The molecule has 7 nitrogen and oxygen atoms in total. The van der Waals surface area contributed by atoms with Crippen LogP contribution in [0.25, 0.3) is 0 Å². The molecule has 3 rings (SSSR count). The first kappa shape index (κ1) is 15.8. The van der Waals surface area contributed by atoms with Crippen LogP contribution in [-0.2, 0) is 17.8 Å². The van der Waals surface area contributed by atoms with Crippen LogP contribution in [0.15, 0.2) is 57.9 Å². The van der Waals surface area contributed by atoms with Crippen molar-refractivity contribution in [2.75, 3.05) is 0 Å². The minimum Gasteiger partial charge on any atom is -0.469 e. The second-order valence-electron chi connectivity index (χ2n) is 5.51. The Bertz CT molecular complexity index is 821. The van der Waals surface area contributed by atoms with Crippen LogP contribution in [0.4, 0.5) is 0 Å². The normalized spacial score (nSPS) is 12.0. The quantitative estimate of drug-likeness (QED) is 0.615. The SMILES string of the molecule is O=C(C[C@@H](Cc1ccccc1)c1ccco1)NCc1n[nH]c(=O)[nH]1. The maximum Gasteiger partial charge on any atom is 0.340 e. The fourth-order valence-corrected chi connectivity index (χ4v) is 2.56. The number of furan rings is 1. The number of hydrogen-bond donors (Lipinski definition) is 3. The summed E-state index contributed by atoms with van der Waals surface area (Å²) in [4.78, 5) is 25.7. The van der Waals surface area contributed by atoms with Gasteiger partial charge in [-0.15, -0.1) is 0 Å². The Balaban J connectivity index is 1.63. The van der Waals surface area contributed by atoms with Crippen molar-refractivity contribution in [2.24, 2.45) is 0 Å². The lowest BCUT2D eigenvalue weighted by Gasteiger charge is -2.14. The molecule has 0 saturated heterocycles. The van der Waals surface area contributed by atoms with Gasteiger partial charge in [-0.1, -0.05) is 30.3 Å². The first-order chi connectivity index (χ1) is 11.7. The summed E-state index contributed by atoms with van der Waals surface area (Å²) in [5, 5.41) is 8.78. The van der Waals surface area contributed by atoms with Gasteiger partial charge in [-0.2, -0.15) is 5.10 Å². The van der Waals surface area contributed by atoms with E-state index < -0.39 is 5.69 Å². The Labute approximate surface area is 138 Å². The fourth-order valence-electron chi connectivity index (χ4n) is 2.56. The molecule has 0 bridgehead atoms. The van der Waals surface area contributed by atoms with E-state index in [0.29, 0.717) is 12.2 Å². The number of aromatic nitrogens is 3. The maximum atomic E-state index is 12.2. The third-order valence-corrected chi connectivity index (χ3v) is 3.71. The van der Waals surface area contributed by atoms with E-state index in [1.807, 2.05) is 42.5 Å². The van der Waals surface area contributed by atoms with Crippen LogP contribution < -0.4 is 11.0 Å². The van der Waals surface area contributed by atoms with Crippen LogP contribution >= 0.6 is 0 Å². The predicted molar refractivity (Wildman–Crippen MR) is 87.3 cm³/mol. The van der Waals surface area contributed by atoms with E-state index in [-0.39, 0.29) is 24.8 Å². The molecule has 0 aliphatic carbocycles. The summed E-state index contributed by atoms with van der Waals surface area (Å²) in [6, 6.07) is 13.7. The molecule has 0 unspecified atom stereocenters. The molecular formula is C17H18N4O3. The van der Waals surface area contributed by atoms with E-state index in [0.717, 1.165) is 11.3 Å². The molecule has 3 N–H and O–H groups in total. The predicted octanol–water partition coefficient (Wildman–Crippen LogP) is 1.72. The number of nitrogens with zero attached hydrogens (tertiary/aromatic N) is 1. The summed E-state index contributed by atoms with van der Waals surface area (Å²) in [6.45, 7) is 0.174. The summed E-state index contributed by atoms with van der Waals surface area (Å²) >= 11 is 0. The van der Waals surface area contributed by atoms with Crippen molar-refractivity contribution >= 4 is 5.91 Å². The monoisotopic (exact) mass is 326 g/mol. The standard InChI is InChI=1S/C17H18N4O3/c22-16(18-11-15-19-17(23)21-20-15)10-13(14-7-4-8-24-14)9-12-5-2-1-3-6-12/h1-8,13H,9-11H2,(H,18,22)(H2,19,20,21,23)/t13-/m1/s1. The molecule has 2 heterocycles. The van der Waals surface area contributed by atoms with E-state index >= 15 is 0 Å². The highest BCUT2D eigenvalue weighted by Gasteiger charge is 2.19. The van der Waals surface area contributed by atoms with Crippen molar-refractivity contribution in [1.82, 2.24) is 20.5 Å².